The Bertz CT molecular complexity index is 670. The molecule has 0 spiro atoms. The van der Waals surface area contributed by atoms with Crippen molar-refractivity contribution in [2.45, 2.75) is 29.9 Å². The summed E-state index contributed by atoms with van der Waals surface area (Å²) in [4.78, 5) is 12.2. The molecule has 0 bridgehead atoms. The molecular weight excluding hydrogens is 318 g/mol. The number of carbonyl (C=O) groups is 1. The quantitative estimate of drug-likeness (QED) is 0.556. The van der Waals surface area contributed by atoms with Crippen LogP contribution in [0.25, 0.3) is 0 Å². The van der Waals surface area contributed by atoms with Crippen LogP contribution >= 0.6 is 0 Å². The summed E-state index contributed by atoms with van der Waals surface area (Å²) in [7, 11) is -3.50. The number of hydrogen-bond acceptors (Lipinski definition) is 5. The van der Waals surface area contributed by atoms with Gasteiger partial charge in [0.1, 0.15) is 0 Å². The topological polar surface area (TPSA) is 108 Å². The highest BCUT2D eigenvalue weighted by Gasteiger charge is 2.28. The first kappa shape index (κ1) is 16.4. The van der Waals surface area contributed by atoms with E-state index >= 15 is 0 Å². The Morgan fingerprint density at radius 1 is 1.22 bits per heavy atom. The zero-order valence-corrected chi connectivity index (χ0v) is 13.5. The van der Waals surface area contributed by atoms with E-state index in [-0.39, 0.29) is 22.8 Å². The highest BCUT2D eigenvalue weighted by molar-refractivity contribution is 7.89. The monoisotopic (exact) mass is 339 g/mol. The molecule has 1 aliphatic carbocycles. The molecule has 8 heteroatoms. The van der Waals surface area contributed by atoms with Gasteiger partial charge in [-0.05, 0) is 37.1 Å². The van der Waals surface area contributed by atoms with E-state index in [9.17, 15) is 18.3 Å². The summed E-state index contributed by atoms with van der Waals surface area (Å²) < 4.78 is 26.7. The van der Waals surface area contributed by atoms with Crippen molar-refractivity contribution in [2.24, 2.45) is 5.92 Å². The average Bonchev–Trinajstić information content (AvgIpc) is 3.24. The zero-order chi connectivity index (χ0) is 16.4. The van der Waals surface area contributed by atoms with E-state index < -0.39 is 16.1 Å². The van der Waals surface area contributed by atoms with Crippen molar-refractivity contribution in [1.29, 1.82) is 0 Å². The van der Waals surface area contributed by atoms with Crippen LogP contribution in [0.4, 0.5) is 0 Å². The largest absolute Gasteiger partial charge is 0.391 e. The summed E-state index contributed by atoms with van der Waals surface area (Å²) in [6.07, 6.45) is 1.31. The molecule has 1 aromatic rings. The van der Waals surface area contributed by atoms with Gasteiger partial charge >= 0.3 is 0 Å². The lowest BCUT2D eigenvalue weighted by Crippen LogP contribution is -2.34. The van der Waals surface area contributed by atoms with Gasteiger partial charge in [-0.25, -0.2) is 13.1 Å². The van der Waals surface area contributed by atoms with Crippen LogP contribution in [0.15, 0.2) is 29.2 Å². The number of amides is 1. The fraction of sp³-hybridized carbons (Fsp3) is 0.533. The molecule has 2 unspecified atom stereocenters. The van der Waals surface area contributed by atoms with Crippen molar-refractivity contribution < 1.29 is 18.3 Å². The van der Waals surface area contributed by atoms with Gasteiger partial charge in [0.15, 0.2) is 0 Å². The number of carbonyl (C=O) groups excluding carboxylic acids is 1. The van der Waals surface area contributed by atoms with Gasteiger partial charge in [0.2, 0.25) is 10.0 Å². The fourth-order valence-electron chi connectivity index (χ4n) is 2.53. The standard InChI is InChI=1S/C15H21N3O4S/c19-14-9-16-7-11(14)8-17-15(20)10-1-5-13(6-2-10)23(21,22)18-12-3-4-12/h1-2,5-6,11-12,14,16,18-19H,3-4,7-9H2,(H,17,20). The summed E-state index contributed by atoms with van der Waals surface area (Å²) in [6.45, 7) is 1.60. The van der Waals surface area contributed by atoms with Gasteiger partial charge in [0.05, 0.1) is 11.0 Å². The number of β-amino-alcohol motifs (C(OH)–C–C–N with tert-alkyl or cyclic N) is 1. The van der Waals surface area contributed by atoms with Crippen molar-refractivity contribution in [1.82, 2.24) is 15.4 Å². The molecule has 23 heavy (non-hydrogen) atoms. The molecule has 0 aromatic heterocycles. The maximum atomic E-state index is 12.1. The van der Waals surface area contributed by atoms with Gasteiger partial charge in [-0.3, -0.25) is 4.79 Å². The summed E-state index contributed by atoms with van der Waals surface area (Å²) in [5.74, 6) is -0.274. The van der Waals surface area contributed by atoms with Crippen molar-refractivity contribution in [2.75, 3.05) is 19.6 Å². The van der Waals surface area contributed by atoms with Crippen LogP contribution in [0.1, 0.15) is 23.2 Å². The lowest BCUT2D eigenvalue weighted by Gasteiger charge is -2.14. The second-order valence-electron chi connectivity index (χ2n) is 6.12. The van der Waals surface area contributed by atoms with Crippen LogP contribution in [0.2, 0.25) is 0 Å². The lowest BCUT2D eigenvalue weighted by molar-refractivity contribution is 0.0927. The second kappa shape index (κ2) is 6.56. The predicted molar refractivity (Wildman–Crippen MR) is 84.5 cm³/mol. The SMILES string of the molecule is O=C(NCC1CNCC1O)c1ccc(S(=O)(=O)NC2CC2)cc1. The van der Waals surface area contributed by atoms with Gasteiger partial charge in [-0.2, -0.15) is 0 Å². The number of nitrogens with one attached hydrogen (secondary N) is 3. The highest BCUT2D eigenvalue weighted by Crippen LogP contribution is 2.22. The first-order valence-electron chi connectivity index (χ1n) is 7.75. The minimum Gasteiger partial charge on any atom is -0.391 e. The van der Waals surface area contributed by atoms with E-state index in [1.165, 1.54) is 24.3 Å². The molecule has 1 amide bonds. The minimum atomic E-state index is -3.50. The molecule has 1 saturated heterocycles. The molecular formula is C15H21N3O4S. The normalized spacial score (nSPS) is 24.6. The minimum absolute atomic E-state index is 0.00124. The molecule has 2 fully saturated rings. The van der Waals surface area contributed by atoms with Crippen molar-refractivity contribution in [3.8, 4) is 0 Å². The Hall–Kier alpha value is -1.48. The summed E-state index contributed by atoms with van der Waals surface area (Å²) >= 11 is 0. The molecule has 1 aromatic carbocycles. The van der Waals surface area contributed by atoms with E-state index in [2.05, 4.69) is 15.4 Å². The smallest absolute Gasteiger partial charge is 0.251 e. The van der Waals surface area contributed by atoms with Gasteiger partial charge in [0.25, 0.3) is 5.91 Å². The molecule has 4 N–H and O–H groups in total. The Morgan fingerprint density at radius 3 is 2.48 bits per heavy atom. The first-order chi connectivity index (χ1) is 11.0. The van der Waals surface area contributed by atoms with Crippen molar-refractivity contribution in [3.05, 3.63) is 29.8 Å². The Kier molecular flexibility index (Phi) is 4.67. The number of hydrogen-bond donors (Lipinski definition) is 4. The van der Waals surface area contributed by atoms with Gasteiger partial charge in [0, 0.05) is 37.2 Å². The number of rotatable bonds is 6. The highest BCUT2D eigenvalue weighted by atomic mass is 32.2. The molecule has 3 rings (SSSR count). The van der Waals surface area contributed by atoms with Crippen molar-refractivity contribution in [3.63, 3.8) is 0 Å². The summed E-state index contributed by atoms with van der Waals surface area (Å²) in [6, 6.07) is 5.92. The molecule has 2 atom stereocenters. The zero-order valence-electron chi connectivity index (χ0n) is 12.7. The van der Waals surface area contributed by atoms with Crippen LogP contribution in [0.5, 0.6) is 0 Å². The molecule has 1 aliphatic heterocycles. The van der Waals surface area contributed by atoms with Crippen LogP contribution in [-0.2, 0) is 10.0 Å². The molecule has 1 saturated carbocycles. The van der Waals surface area contributed by atoms with Gasteiger partial charge in [-0.1, -0.05) is 0 Å². The van der Waals surface area contributed by atoms with E-state index in [0.29, 0.717) is 25.2 Å². The molecule has 7 nitrogen and oxygen atoms in total. The summed E-state index contributed by atoms with van der Waals surface area (Å²) in [5.41, 5.74) is 0.399. The molecule has 1 heterocycles. The maximum Gasteiger partial charge on any atom is 0.251 e. The lowest BCUT2D eigenvalue weighted by atomic mass is 10.1. The molecule has 126 valence electrons. The number of aliphatic hydroxyl groups is 1. The molecule has 2 aliphatic rings. The average molecular weight is 339 g/mol. The van der Waals surface area contributed by atoms with Crippen LogP contribution in [0.3, 0.4) is 0 Å². The van der Waals surface area contributed by atoms with Gasteiger partial charge in [-0.15, -0.1) is 0 Å². The van der Waals surface area contributed by atoms with Gasteiger partial charge < -0.3 is 15.7 Å². The third-order valence-corrected chi connectivity index (χ3v) is 5.69. The Morgan fingerprint density at radius 2 is 1.91 bits per heavy atom. The van der Waals surface area contributed by atoms with E-state index in [0.717, 1.165) is 12.8 Å². The Balaban J connectivity index is 1.58. The number of benzene rings is 1. The van der Waals surface area contributed by atoms with Crippen LogP contribution in [-0.4, -0.2) is 51.2 Å². The first-order valence-corrected chi connectivity index (χ1v) is 9.23. The van der Waals surface area contributed by atoms with Crippen LogP contribution in [0, 0.1) is 5.92 Å². The van der Waals surface area contributed by atoms with Crippen LogP contribution < -0.4 is 15.4 Å². The molecule has 0 radical (unpaired) electrons. The van der Waals surface area contributed by atoms with E-state index in [4.69, 9.17) is 0 Å². The fourth-order valence-corrected chi connectivity index (χ4v) is 3.83. The predicted octanol–water partition coefficient (Wildman–Crippen LogP) is -0.563. The number of sulfonamides is 1. The number of aliphatic hydroxyl groups excluding tert-OH is 1. The third-order valence-electron chi connectivity index (χ3n) is 4.15. The van der Waals surface area contributed by atoms with E-state index in [1.54, 1.807) is 0 Å². The Labute approximate surface area is 135 Å². The third kappa shape index (κ3) is 4.08. The van der Waals surface area contributed by atoms with E-state index in [1.807, 2.05) is 0 Å². The second-order valence-corrected chi connectivity index (χ2v) is 7.83. The summed E-state index contributed by atoms with van der Waals surface area (Å²) in [5, 5.41) is 15.5. The van der Waals surface area contributed by atoms with Crippen molar-refractivity contribution >= 4 is 15.9 Å². The maximum absolute atomic E-state index is 12.1.